The molecule has 36 heavy (non-hydrogen) atoms. The van der Waals surface area contributed by atoms with Gasteiger partial charge >= 0.3 is 0 Å². The zero-order valence-electron chi connectivity index (χ0n) is 19.3. The molecule has 1 saturated heterocycles. The van der Waals surface area contributed by atoms with E-state index < -0.39 is 23.9 Å². The number of nitrogens with one attached hydrogen (secondary N) is 1. The van der Waals surface area contributed by atoms with Crippen molar-refractivity contribution in [3.63, 3.8) is 0 Å². The number of benzene rings is 3. The Morgan fingerprint density at radius 3 is 2.61 bits per heavy atom. The molecule has 2 unspecified atom stereocenters. The van der Waals surface area contributed by atoms with Gasteiger partial charge in [0.05, 0.1) is 6.04 Å². The number of oxime groups is 1. The van der Waals surface area contributed by atoms with Gasteiger partial charge in [0.1, 0.15) is 19.3 Å². The quantitative estimate of drug-likeness (QED) is 0.254. The topological polar surface area (TPSA) is 104 Å². The second kappa shape index (κ2) is 10.3. The first kappa shape index (κ1) is 24.3. The Labute approximate surface area is 211 Å². The second-order valence-electron chi connectivity index (χ2n) is 8.86. The number of nitrogens with zero attached hydrogens (tertiary/aromatic N) is 2. The lowest BCUT2D eigenvalue weighted by Gasteiger charge is -2.36. The van der Waals surface area contributed by atoms with E-state index in [0.29, 0.717) is 17.1 Å². The van der Waals surface area contributed by atoms with Crippen LogP contribution in [0.5, 0.6) is 11.5 Å². The third-order valence-corrected chi connectivity index (χ3v) is 6.69. The van der Waals surface area contributed by atoms with Gasteiger partial charge in [-0.1, -0.05) is 35.0 Å². The number of amides is 1. The Balaban J connectivity index is 1.40. The minimum absolute atomic E-state index is 0.00724. The SMILES string of the molecule is O=C(NC(CN1CCC1)C(O)c1cc(F)c2c(c1)OCCO2)/C(=N/O)c1ccc2cc(Cl)ccc2c1. The number of rotatable bonds is 7. The lowest BCUT2D eigenvalue weighted by atomic mass is 9.98. The number of likely N-dealkylation sites (tertiary alicyclic amines) is 1. The molecule has 2 aliphatic heterocycles. The normalized spacial score (nSPS) is 17.4. The van der Waals surface area contributed by atoms with E-state index in [0.717, 1.165) is 30.3 Å². The van der Waals surface area contributed by atoms with Crippen molar-refractivity contribution < 1.29 is 29.0 Å². The van der Waals surface area contributed by atoms with Crippen LogP contribution in [0.25, 0.3) is 10.8 Å². The van der Waals surface area contributed by atoms with Gasteiger partial charge in [0, 0.05) is 17.1 Å². The number of carbonyl (C=O) groups excluding carboxylic acids is 1. The zero-order chi connectivity index (χ0) is 25.2. The van der Waals surface area contributed by atoms with Gasteiger partial charge in [-0.2, -0.15) is 0 Å². The largest absolute Gasteiger partial charge is 0.486 e. The van der Waals surface area contributed by atoms with E-state index in [-0.39, 0.29) is 36.0 Å². The number of hydrogen-bond acceptors (Lipinski definition) is 7. The fourth-order valence-electron chi connectivity index (χ4n) is 4.44. The molecule has 1 fully saturated rings. The summed E-state index contributed by atoms with van der Waals surface area (Å²) < 4.78 is 25.5. The van der Waals surface area contributed by atoms with Gasteiger partial charge in [-0.05, 0) is 66.2 Å². The minimum Gasteiger partial charge on any atom is -0.486 e. The van der Waals surface area contributed by atoms with Gasteiger partial charge < -0.3 is 30.0 Å². The Hall–Kier alpha value is -3.40. The number of ether oxygens (including phenoxy) is 2. The zero-order valence-corrected chi connectivity index (χ0v) is 20.0. The van der Waals surface area contributed by atoms with E-state index in [4.69, 9.17) is 21.1 Å². The van der Waals surface area contributed by atoms with Crippen LogP contribution in [0.3, 0.4) is 0 Å². The van der Waals surface area contributed by atoms with Crippen molar-refractivity contribution in [3.8, 4) is 11.5 Å². The lowest BCUT2D eigenvalue weighted by Crippen LogP contribution is -2.52. The summed E-state index contributed by atoms with van der Waals surface area (Å²) in [5.74, 6) is -1.11. The summed E-state index contributed by atoms with van der Waals surface area (Å²) in [5.41, 5.74) is 0.432. The van der Waals surface area contributed by atoms with E-state index in [1.54, 1.807) is 36.4 Å². The molecule has 3 aromatic rings. The third-order valence-electron chi connectivity index (χ3n) is 6.45. The van der Waals surface area contributed by atoms with Crippen molar-refractivity contribution in [2.75, 3.05) is 32.8 Å². The summed E-state index contributed by atoms with van der Waals surface area (Å²) in [6.45, 7) is 2.49. The van der Waals surface area contributed by atoms with Gasteiger partial charge in [-0.15, -0.1) is 0 Å². The molecule has 8 nitrogen and oxygen atoms in total. The maximum absolute atomic E-state index is 14.6. The van der Waals surface area contributed by atoms with Crippen LogP contribution >= 0.6 is 11.6 Å². The van der Waals surface area contributed by atoms with Crippen molar-refractivity contribution >= 4 is 34.0 Å². The van der Waals surface area contributed by atoms with E-state index in [1.165, 1.54) is 12.1 Å². The monoisotopic (exact) mass is 513 g/mol. The average Bonchev–Trinajstić information content (AvgIpc) is 2.85. The maximum Gasteiger partial charge on any atom is 0.274 e. The highest BCUT2D eigenvalue weighted by atomic mass is 35.5. The van der Waals surface area contributed by atoms with E-state index in [1.807, 2.05) is 0 Å². The van der Waals surface area contributed by atoms with Crippen LogP contribution in [0.1, 0.15) is 23.7 Å². The summed E-state index contributed by atoms with van der Waals surface area (Å²) in [5, 5.41) is 29.2. The van der Waals surface area contributed by atoms with E-state index >= 15 is 0 Å². The highest BCUT2D eigenvalue weighted by Crippen LogP contribution is 2.36. The highest BCUT2D eigenvalue weighted by Gasteiger charge is 2.31. The Bertz CT molecular complexity index is 1330. The van der Waals surface area contributed by atoms with Crippen molar-refractivity contribution in [2.24, 2.45) is 5.16 Å². The molecule has 5 rings (SSSR count). The third kappa shape index (κ3) is 4.95. The van der Waals surface area contributed by atoms with Gasteiger partial charge in [0.2, 0.25) is 0 Å². The molecule has 0 bridgehead atoms. The fraction of sp³-hybridized carbons (Fsp3) is 0.308. The fourth-order valence-corrected chi connectivity index (χ4v) is 4.62. The molecule has 2 heterocycles. The van der Waals surface area contributed by atoms with Crippen LogP contribution in [0.15, 0.2) is 53.7 Å². The van der Waals surface area contributed by atoms with Crippen LogP contribution < -0.4 is 14.8 Å². The first-order chi connectivity index (χ1) is 17.4. The molecular weight excluding hydrogens is 489 g/mol. The molecule has 0 radical (unpaired) electrons. The Kier molecular flexibility index (Phi) is 6.95. The minimum atomic E-state index is -1.25. The standard InChI is InChI=1S/C26H25ClFN3O5/c27-19-5-4-15-10-17(3-2-16(15)11-19)23(30-34)26(33)29-21(14-31-6-1-7-31)24(32)18-12-20(28)25-22(13-18)35-8-9-36-25/h2-5,10-13,21,24,32,34H,1,6-9,14H2,(H,29,33)/b30-23+. The van der Waals surface area contributed by atoms with Gasteiger partial charge in [-0.3, -0.25) is 4.79 Å². The Morgan fingerprint density at radius 2 is 1.86 bits per heavy atom. The molecule has 0 aliphatic carbocycles. The first-order valence-corrected chi connectivity index (χ1v) is 12.0. The predicted molar refractivity (Wildman–Crippen MR) is 133 cm³/mol. The molecule has 10 heteroatoms. The summed E-state index contributed by atoms with van der Waals surface area (Å²) in [6, 6.07) is 12.4. The molecule has 188 valence electrons. The van der Waals surface area contributed by atoms with E-state index in [9.17, 15) is 19.5 Å². The molecule has 2 atom stereocenters. The molecule has 0 saturated carbocycles. The lowest BCUT2D eigenvalue weighted by molar-refractivity contribution is -0.116. The number of aliphatic hydroxyl groups is 1. The summed E-state index contributed by atoms with van der Waals surface area (Å²) >= 11 is 6.05. The molecule has 0 aromatic heterocycles. The van der Waals surface area contributed by atoms with Crippen LogP contribution in [0.2, 0.25) is 5.02 Å². The Morgan fingerprint density at radius 1 is 1.11 bits per heavy atom. The second-order valence-corrected chi connectivity index (χ2v) is 9.30. The number of halogens is 2. The van der Waals surface area contributed by atoms with Crippen molar-refractivity contribution in [1.82, 2.24) is 10.2 Å². The van der Waals surface area contributed by atoms with Crippen molar-refractivity contribution in [1.29, 1.82) is 0 Å². The molecule has 1 amide bonds. The van der Waals surface area contributed by atoms with Gasteiger partial charge in [0.25, 0.3) is 5.91 Å². The first-order valence-electron chi connectivity index (χ1n) is 11.6. The van der Waals surface area contributed by atoms with Crippen molar-refractivity contribution in [2.45, 2.75) is 18.6 Å². The van der Waals surface area contributed by atoms with Gasteiger partial charge in [-0.25, -0.2) is 4.39 Å². The van der Waals surface area contributed by atoms with Crippen LogP contribution in [-0.4, -0.2) is 65.7 Å². The molecule has 3 N–H and O–H groups in total. The average molecular weight is 514 g/mol. The highest BCUT2D eigenvalue weighted by molar-refractivity contribution is 6.45. The molecule has 2 aliphatic rings. The summed E-state index contributed by atoms with van der Waals surface area (Å²) in [7, 11) is 0. The van der Waals surface area contributed by atoms with Crippen LogP contribution in [0, 0.1) is 5.82 Å². The van der Waals surface area contributed by atoms with Crippen molar-refractivity contribution in [3.05, 3.63) is 70.5 Å². The van der Waals surface area contributed by atoms with Gasteiger partial charge in [0.15, 0.2) is 23.0 Å². The maximum atomic E-state index is 14.6. The number of aliphatic hydroxyl groups excluding tert-OH is 1. The summed E-state index contributed by atoms with van der Waals surface area (Å²) in [4.78, 5) is 15.3. The smallest absolute Gasteiger partial charge is 0.274 e. The molecular formula is C26H25ClFN3O5. The van der Waals surface area contributed by atoms with E-state index in [2.05, 4.69) is 15.4 Å². The van der Waals surface area contributed by atoms with Crippen LogP contribution in [0.4, 0.5) is 4.39 Å². The summed E-state index contributed by atoms with van der Waals surface area (Å²) in [6.07, 6.45) is -0.238. The molecule has 0 spiro atoms. The van der Waals surface area contributed by atoms with Crippen LogP contribution in [-0.2, 0) is 4.79 Å². The predicted octanol–water partition coefficient (Wildman–Crippen LogP) is 3.51. The number of carbonyl (C=O) groups is 1. The number of hydrogen-bond donors (Lipinski definition) is 3. The molecule has 3 aromatic carbocycles. The number of fused-ring (bicyclic) bond motifs is 2.